The lowest BCUT2D eigenvalue weighted by Crippen LogP contribution is -1.98. The number of hydrogen-bond acceptors (Lipinski definition) is 0. The van der Waals surface area contributed by atoms with Crippen molar-refractivity contribution in [2.45, 2.75) is 0 Å². The van der Waals surface area contributed by atoms with Crippen LogP contribution in [0.2, 0.25) is 0 Å². The molecule has 10 rings (SSSR count). The van der Waals surface area contributed by atoms with E-state index in [0.717, 1.165) is 33.1 Å². The summed E-state index contributed by atoms with van der Waals surface area (Å²) in [6.45, 7) is 0. The second-order valence-electron chi connectivity index (χ2n) is 13.0. The summed E-state index contributed by atoms with van der Waals surface area (Å²) in [5, 5.41) is 14.5. The zero-order valence-electron chi connectivity index (χ0n) is 27.3. The first-order chi connectivity index (χ1) is 24.8. The van der Waals surface area contributed by atoms with Crippen LogP contribution in [-0.4, -0.2) is 9.55 Å². The number of H-pyrrole nitrogens is 1. The quantitative estimate of drug-likeness (QED) is 0.185. The van der Waals surface area contributed by atoms with Gasteiger partial charge in [-0.25, -0.2) is 0 Å². The number of benzene rings is 8. The number of fused-ring (bicyclic) bond motifs is 14. The van der Waals surface area contributed by atoms with Crippen molar-refractivity contribution in [3.05, 3.63) is 188 Å². The minimum Gasteiger partial charge on any atom is -0.354 e. The van der Waals surface area contributed by atoms with Crippen molar-refractivity contribution >= 4 is 86.7 Å². The third kappa shape index (κ3) is 4.43. The van der Waals surface area contributed by atoms with Gasteiger partial charge in [0.15, 0.2) is 0 Å². The Labute approximate surface area is 289 Å². The van der Waals surface area contributed by atoms with Crippen molar-refractivity contribution in [3.63, 3.8) is 0 Å². The zero-order chi connectivity index (χ0) is 33.0. The summed E-state index contributed by atoms with van der Waals surface area (Å²) in [5.74, 6) is 0. The van der Waals surface area contributed by atoms with E-state index in [1.54, 1.807) is 0 Å². The highest BCUT2D eigenvalue weighted by atomic mass is 15.0. The van der Waals surface area contributed by atoms with E-state index in [4.69, 9.17) is 0 Å². The van der Waals surface area contributed by atoms with E-state index in [1.807, 2.05) is 0 Å². The molecule has 0 aliphatic carbocycles. The third-order valence-corrected chi connectivity index (χ3v) is 10.2. The highest BCUT2D eigenvalue weighted by Gasteiger charge is 2.12. The van der Waals surface area contributed by atoms with Gasteiger partial charge in [0.05, 0.1) is 11.0 Å². The Bertz CT molecular complexity index is 3000. The summed E-state index contributed by atoms with van der Waals surface area (Å²) in [4.78, 5) is 3.94. The van der Waals surface area contributed by atoms with Crippen LogP contribution in [-0.2, 0) is 0 Å². The molecule has 8 aromatic carbocycles. The SMILES string of the molecule is c1ccc2c(c1)[nH]c1cc(-n3c4ccccc4c4ccccc4c4ccccc4c4ccccc43)ccc1c1ccccc1c1ccccc21. The number of para-hydroxylation sites is 3. The lowest BCUT2D eigenvalue weighted by atomic mass is 10.0. The molecule has 0 unspecified atom stereocenters. The highest BCUT2D eigenvalue weighted by Crippen LogP contribution is 2.36. The van der Waals surface area contributed by atoms with Crippen LogP contribution in [0.3, 0.4) is 0 Å². The van der Waals surface area contributed by atoms with Gasteiger partial charge in [-0.2, -0.15) is 0 Å². The zero-order valence-corrected chi connectivity index (χ0v) is 27.3. The van der Waals surface area contributed by atoms with Gasteiger partial charge in [0.25, 0.3) is 0 Å². The lowest BCUT2D eigenvalue weighted by molar-refractivity contribution is 1.17. The standard InChI is InChI=1S/C48H32N2/c1-5-19-37-33(15-1)34-16-2-6-20-38(34)42-30-29-32(31-46(42)49-45-26-12-9-23-41(37)45)50-47-27-13-10-24-43(47)39-21-7-3-17-35(39)36-18-4-8-22-40(36)44-25-11-14-28-48(44)50/h1-31,49H. The molecule has 234 valence electrons. The molecule has 0 atom stereocenters. The van der Waals surface area contributed by atoms with Gasteiger partial charge in [-0.05, 0) is 73.4 Å². The van der Waals surface area contributed by atoms with E-state index < -0.39 is 0 Å². The summed E-state index contributed by atoms with van der Waals surface area (Å²) in [7, 11) is 0. The molecule has 0 bridgehead atoms. The topological polar surface area (TPSA) is 20.7 Å². The van der Waals surface area contributed by atoms with Gasteiger partial charge in [-0.3, -0.25) is 0 Å². The fourth-order valence-electron chi connectivity index (χ4n) is 7.99. The monoisotopic (exact) mass is 636 g/mol. The van der Waals surface area contributed by atoms with E-state index in [-0.39, 0.29) is 0 Å². The number of nitrogens with zero attached hydrogens (tertiary/aromatic N) is 1. The van der Waals surface area contributed by atoms with Gasteiger partial charge in [0, 0.05) is 38.3 Å². The molecule has 2 nitrogen and oxygen atoms in total. The summed E-state index contributed by atoms with van der Waals surface area (Å²) in [6, 6.07) is 68.4. The summed E-state index contributed by atoms with van der Waals surface area (Å²) in [6.07, 6.45) is 0. The van der Waals surface area contributed by atoms with E-state index in [9.17, 15) is 0 Å². The van der Waals surface area contributed by atoms with Crippen LogP contribution in [0.5, 0.6) is 0 Å². The maximum atomic E-state index is 3.94. The average Bonchev–Trinajstić information content (AvgIpc) is 3.26. The van der Waals surface area contributed by atoms with Crippen LogP contribution in [0.4, 0.5) is 0 Å². The Morgan fingerprint density at radius 2 is 0.580 bits per heavy atom. The Balaban J connectivity index is 1.46. The van der Waals surface area contributed by atoms with Gasteiger partial charge < -0.3 is 9.55 Å². The average molecular weight is 637 g/mol. The second-order valence-corrected chi connectivity index (χ2v) is 13.0. The third-order valence-electron chi connectivity index (χ3n) is 10.2. The molecule has 0 spiro atoms. The number of nitrogens with one attached hydrogen (secondary N) is 1. The van der Waals surface area contributed by atoms with Gasteiger partial charge in [-0.15, -0.1) is 0 Å². The summed E-state index contributed by atoms with van der Waals surface area (Å²) in [5.41, 5.74) is 5.50. The predicted molar refractivity (Wildman–Crippen MR) is 215 cm³/mol. The molecule has 0 aliphatic rings. The highest BCUT2D eigenvalue weighted by molar-refractivity contribution is 6.21. The first kappa shape index (κ1) is 28.4. The van der Waals surface area contributed by atoms with E-state index in [1.165, 1.54) is 59.2 Å². The minimum absolute atomic E-state index is 1.06. The van der Waals surface area contributed by atoms with Crippen LogP contribution < -0.4 is 0 Å². The Morgan fingerprint density at radius 3 is 1.04 bits per heavy atom. The molecule has 0 radical (unpaired) electrons. The van der Waals surface area contributed by atoms with E-state index in [2.05, 4.69) is 198 Å². The van der Waals surface area contributed by atoms with Crippen molar-refractivity contribution in [2.24, 2.45) is 0 Å². The Hall–Kier alpha value is -6.64. The predicted octanol–water partition coefficient (Wildman–Crippen LogP) is 13.3. The molecule has 0 aliphatic heterocycles. The smallest absolute Gasteiger partial charge is 0.0540 e. The van der Waals surface area contributed by atoms with E-state index >= 15 is 0 Å². The van der Waals surface area contributed by atoms with Gasteiger partial charge in [0.1, 0.15) is 0 Å². The number of aromatic nitrogens is 2. The van der Waals surface area contributed by atoms with Crippen molar-refractivity contribution in [3.8, 4) is 5.69 Å². The first-order valence-electron chi connectivity index (χ1n) is 17.2. The molecule has 2 heteroatoms. The molecular weight excluding hydrogens is 605 g/mol. The summed E-state index contributed by atoms with van der Waals surface area (Å²) >= 11 is 0. The number of hydrogen-bond donors (Lipinski definition) is 1. The Kier molecular flexibility index (Phi) is 6.53. The lowest BCUT2D eigenvalue weighted by Gasteiger charge is -2.14. The number of aromatic amines is 1. The van der Waals surface area contributed by atoms with Crippen molar-refractivity contribution in [1.29, 1.82) is 0 Å². The second kappa shape index (κ2) is 11.5. The fraction of sp³-hybridized carbons (Fsp3) is 0. The minimum atomic E-state index is 1.06. The number of rotatable bonds is 1. The van der Waals surface area contributed by atoms with E-state index in [0.29, 0.717) is 0 Å². The molecule has 0 fully saturated rings. The maximum Gasteiger partial charge on any atom is 0.0540 e. The van der Waals surface area contributed by atoms with Crippen LogP contribution in [0.1, 0.15) is 0 Å². The molecule has 0 saturated heterocycles. The molecule has 10 aromatic rings. The van der Waals surface area contributed by atoms with Gasteiger partial charge >= 0.3 is 0 Å². The molecule has 2 heterocycles. The van der Waals surface area contributed by atoms with Crippen LogP contribution in [0.15, 0.2) is 188 Å². The largest absolute Gasteiger partial charge is 0.354 e. The molecule has 0 amide bonds. The van der Waals surface area contributed by atoms with Crippen LogP contribution in [0.25, 0.3) is 92.4 Å². The van der Waals surface area contributed by atoms with Crippen molar-refractivity contribution in [1.82, 2.24) is 9.55 Å². The van der Waals surface area contributed by atoms with Crippen LogP contribution in [0, 0.1) is 0 Å². The first-order valence-corrected chi connectivity index (χ1v) is 17.2. The van der Waals surface area contributed by atoms with Crippen molar-refractivity contribution in [2.75, 3.05) is 0 Å². The normalized spacial score (nSPS) is 11.6. The maximum absolute atomic E-state index is 3.94. The summed E-state index contributed by atoms with van der Waals surface area (Å²) < 4.78 is 2.45. The molecule has 2 aromatic heterocycles. The van der Waals surface area contributed by atoms with Crippen molar-refractivity contribution < 1.29 is 0 Å². The van der Waals surface area contributed by atoms with Gasteiger partial charge in [0.2, 0.25) is 0 Å². The van der Waals surface area contributed by atoms with Gasteiger partial charge in [-0.1, -0.05) is 158 Å². The molecule has 50 heavy (non-hydrogen) atoms. The fourth-order valence-corrected chi connectivity index (χ4v) is 7.99. The molecule has 0 saturated carbocycles. The molecular formula is C48H32N2. The van der Waals surface area contributed by atoms with Crippen LogP contribution >= 0.6 is 0 Å². The Morgan fingerprint density at radius 1 is 0.260 bits per heavy atom. The molecule has 1 N–H and O–H groups in total.